The highest BCUT2D eigenvalue weighted by Crippen LogP contribution is 2.30. The average Bonchev–Trinajstić information content (AvgIpc) is 3.17. The van der Waals surface area contributed by atoms with Crippen LogP contribution in [0.2, 0.25) is 0 Å². The lowest BCUT2D eigenvalue weighted by atomic mass is 10.3. The van der Waals surface area contributed by atoms with Crippen LogP contribution in [0.25, 0.3) is 0 Å². The minimum absolute atomic E-state index is 0.323. The summed E-state index contributed by atoms with van der Waals surface area (Å²) in [5, 5.41) is 8.39. The molecular weight excluding hydrogens is 460 g/mol. The molecule has 8 nitrogen and oxygen atoms in total. The summed E-state index contributed by atoms with van der Waals surface area (Å²) in [5.74, 6) is 0.449. The number of hydrogen-bond acceptors (Lipinski definition) is 11. The zero-order valence-corrected chi connectivity index (χ0v) is 21.2. The molecule has 0 aliphatic heterocycles. The molecule has 0 amide bonds. The smallest absolute Gasteiger partial charge is 0.303 e. The molecule has 2 atom stereocenters. The van der Waals surface area contributed by atoms with Crippen molar-refractivity contribution in [2.45, 2.75) is 74.3 Å². The number of carbonyl (C=O) groups excluding carboxylic acids is 2. The van der Waals surface area contributed by atoms with Gasteiger partial charge in [-0.05, 0) is 12.8 Å². The predicted octanol–water partition coefficient (Wildman–Crippen LogP) is 4.22. The van der Waals surface area contributed by atoms with E-state index in [9.17, 15) is 9.59 Å². The normalized spacial score (nSPS) is 13.0. The first kappa shape index (κ1) is 28.2. The standard InChI is InChI=1S/C20H34N2O6S3/c1-5-7-9-25-11-17(27-15(3)23)13-29-19-21-22-20(31-19)30-14-18(28-16(4)24)12-26-10-8-6-2/h17-18H,5-14H2,1-4H3. The summed E-state index contributed by atoms with van der Waals surface area (Å²) in [5.41, 5.74) is 0. The molecule has 0 N–H and O–H groups in total. The highest BCUT2D eigenvalue weighted by molar-refractivity contribution is 8.03. The zero-order valence-electron chi connectivity index (χ0n) is 18.8. The first-order valence-corrected chi connectivity index (χ1v) is 13.3. The molecule has 11 heteroatoms. The van der Waals surface area contributed by atoms with Crippen LogP contribution in [0, 0.1) is 0 Å². The Morgan fingerprint density at radius 1 is 0.839 bits per heavy atom. The van der Waals surface area contributed by atoms with E-state index in [1.54, 1.807) is 0 Å². The SMILES string of the molecule is CCCCOCC(CSc1nnc(SCC(COCCCC)OC(C)=O)s1)OC(C)=O. The summed E-state index contributed by atoms with van der Waals surface area (Å²) in [7, 11) is 0. The second kappa shape index (κ2) is 17.6. The predicted molar refractivity (Wildman–Crippen MR) is 124 cm³/mol. The fourth-order valence-corrected chi connectivity index (χ4v) is 5.27. The maximum atomic E-state index is 11.3. The Labute approximate surface area is 197 Å². The Hall–Kier alpha value is -0.880. The van der Waals surface area contributed by atoms with E-state index in [4.69, 9.17) is 18.9 Å². The van der Waals surface area contributed by atoms with E-state index in [0.29, 0.717) is 37.9 Å². The zero-order chi connectivity index (χ0) is 22.9. The minimum Gasteiger partial charge on any atom is -0.459 e. The van der Waals surface area contributed by atoms with Crippen LogP contribution in [-0.2, 0) is 28.5 Å². The van der Waals surface area contributed by atoms with Gasteiger partial charge in [0.25, 0.3) is 0 Å². The number of carbonyl (C=O) groups is 2. The Balaban J connectivity index is 2.46. The first-order valence-electron chi connectivity index (χ1n) is 10.5. The molecule has 1 aromatic heterocycles. The fourth-order valence-electron chi connectivity index (χ4n) is 2.27. The third kappa shape index (κ3) is 14.7. The second-order valence-corrected chi connectivity index (χ2v) is 10.3. The maximum Gasteiger partial charge on any atom is 0.303 e. The van der Waals surface area contributed by atoms with Crippen molar-refractivity contribution in [3.8, 4) is 0 Å². The van der Waals surface area contributed by atoms with Gasteiger partial charge in [-0.3, -0.25) is 9.59 Å². The highest BCUT2D eigenvalue weighted by Gasteiger charge is 2.17. The van der Waals surface area contributed by atoms with Crippen molar-refractivity contribution in [1.29, 1.82) is 0 Å². The first-order chi connectivity index (χ1) is 14.9. The average molecular weight is 495 g/mol. The Bertz CT molecular complexity index is 581. The van der Waals surface area contributed by atoms with Crippen LogP contribution < -0.4 is 0 Å². The van der Waals surface area contributed by atoms with Crippen LogP contribution >= 0.6 is 34.9 Å². The second-order valence-electron chi connectivity index (χ2n) is 6.78. The van der Waals surface area contributed by atoms with Crippen LogP contribution in [0.4, 0.5) is 0 Å². The van der Waals surface area contributed by atoms with E-state index in [-0.39, 0.29) is 24.1 Å². The van der Waals surface area contributed by atoms with Gasteiger partial charge in [0.15, 0.2) is 8.68 Å². The van der Waals surface area contributed by atoms with Gasteiger partial charge in [-0.2, -0.15) is 0 Å². The van der Waals surface area contributed by atoms with Crippen molar-refractivity contribution in [3.05, 3.63) is 0 Å². The van der Waals surface area contributed by atoms with E-state index < -0.39 is 0 Å². The molecule has 0 bridgehead atoms. The van der Waals surface area contributed by atoms with Crippen LogP contribution in [0.5, 0.6) is 0 Å². The molecular formula is C20H34N2O6S3. The lowest BCUT2D eigenvalue weighted by Crippen LogP contribution is -2.25. The monoisotopic (exact) mass is 494 g/mol. The summed E-state index contributed by atoms with van der Waals surface area (Å²) in [4.78, 5) is 22.7. The number of esters is 2. The van der Waals surface area contributed by atoms with Crippen molar-refractivity contribution >= 4 is 46.8 Å². The number of thioether (sulfide) groups is 2. The molecule has 0 radical (unpaired) electrons. The van der Waals surface area contributed by atoms with Crippen LogP contribution in [0.15, 0.2) is 8.68 Å². The van der Waals surface area contributed by atoms with E-state index in [2.05, 4.69) is 24.0 Å². The largest absolute Gasteiger partial charge is 0.459 e. The molecule has 1 rings (SSSR count). The fraction of sp³-hybridized carbons (Fsp3) is 0.800. The molecule has 0 fully saturated rings. The maximum absolute atomic E-state index is 11.3. The minimum atomic E-state index is -0.326. The molecule has 0 aromatic carbocycles. The van der Waals surface area contributed by atoms with E-state index in [1.165, 1.54) is 48.7 Å². The van der Waals surface area contributed by atoms with Crippen molar-refractivity contribution < 1.29 is 28.5 Å². The number of unbranched alkanes of at least 4 members (excludes halogenated alkanes) is 2. The van der Waals surface area contributed by atoms with Gasteiger partial charge in [-0.15, -0.1) is 10.2 Å². The molecule has 1 aromatic rings. The van der Waals surface area contributed by atoms with Crippen molar-refractivity contribution in [3.63, 3.8) is 0 Å². The molecule has 0 saturated carbocycles. The molecule has 0 aliphatic rings. The van der Waals surface area contributed by atoms with Gasteiger partial charge in [0.1, 0.15) is 12.2 Å². The summed E-state index contributed by atoms with van der Waals surface area (Å²) in [6.07, 6.45) is 3.42. The molecule has 31 heavy (non-hydrogen) atoms. The summed E-state index contributed by atoms with van der Waals surface area (Å²) < 4.78 is 23.4. The van der Waals surface area contributed by atoms with Crippen molar-refractivity contribution in [2.24, 2.45) is 0 Å². The third-order valence-electron chi connectivity index (χ3n) is 3.73. The topological polar surface area (TPSA) is 96.8 Å². The Morgan fingerprint density at radius 2 is 1.26 bits per heavy atom. The van der Waals surface area contributed by atoms with Crippen LogP contribution in [-0.4, -0.2) is 72.3 Å². The lowest BCUT2D eigenvalue weighted by Gasteiger charge is -2.16. The number of aromatic nitrogens is 2. The molecule has 1 heterocycles. The summed E-state index contributed by atoms with van der Waals surface area (Å²) in [6, 6.07) is 0. The Kier molecular flexibility index (Phi) is 16.0. The number of hydrogen-bond donors (Lipinski definition) is 0. The van der Waals surface area contributed by atoms with Gasteiger partial charge < -0.3 is 18.9 Å². The van der Waals surface area contributed by atoms with E-state index >= 15 is 0 Å². The van der Waals surface area contributed by atoms with Crippen LogP contribution in [0.3, 0.4) is 0 Å². The van der Waals surface area contributed by atoms with E-state index in [0.717, 1.165) is 34.4 Å². The van der Waals surface area contributed by atoms with Gasteiger partial charge in [0.2, 0.25) is 0 Å². The number of ether oxygens (including phenoxy) is 4. The van der Waals surface area contributed by atoms with Crippen LogP contribution in [0.1, 0.15) is 53.4 Å². The summed E-state index contributed by atoms with van der Waals surface area (Å²) in [6.45, 7) is 9.05. The van der Waals surface area contributed by atoms with Crippen molar-refractivity contribution in [1.82, 2.24) is 10.2 Å². The molecule has 178 valence electrons. The van der Waals surface area contributed by atoms with Gasteiger partial charge in [0, 0.05) is 38.6 Å². The number of nitrogens with zero attached hydrogens (tertiary/aromatic N) is 2. The molecule has 0 aliphatic carbocycles. The van der Waals surface area contributed by atoms with Gasteiger partial charge in [-0.1, -0.05) is 61.5 Å². The highest BCUT2D eigenvalue weighted by atomic mass is 32.2. The molecule has 0 spiro atoms. The molecule has 0 saturated heterocycles. The Morgan fingerprint density at radius 3 is 1.61 bits per heavy atom. The number of rotatable bonds is 18. The summed E-state index contributed by atoms with van der Waals surface area (Å²) >= 11 is 4.43. The lowest BCUT2D eigenvalue weighted by molar-refractivity contribution is -0.148. The van der Waals surface area contributed by atoms with E-state index in [1.807, 2.05) is 0 Å². The van der Waals surface area contributed by atoms with Gasteiger partial charge in [-0.25, -0.2) is 0 Å². The van der Waals surface area contributed by atoms with Crippen molar-refractivity contribution in [2.75, 3.05) is 37.9 Å². The third-order valence-corrected chi connectivity index (χ3v) is 7.18. The molecule has 2 unspecified atom stereocenters. The quantitative estimate of drug-likeness (QED) is 0.168. The van der Waals surface area contributed by atoms with Gasteiger partial charge in [0.05, 0.1) is 13.2 Å². The van der Waals surface area contributed by atoms with Gasteiger partial charge >= 0.3 is 11.9 Å².